The molecule has 0 saturated carbocycles. The Morgan fingerprint density at radius 1 is 1.09 bits per heavy atom. The Bertz CT molecular complexity index is 1290. The summed E-state index contributed by atoms with van der Waals surface area (Å²) in [6.45, 7) is 2.55. The van der Waals surface area contributed by atoms with E-state index in [1.807, 2.05) is 47.1 Å². The molecule has 1 N–H and O–H groups in total. The van der Waals surface area contributed by atoms with Crippen molar-refractivity contribution in [2.75, 3.05) is 33.5 Å². The first kappa shape index (κ1) is 21.3. The first-order chi connectivity index (χ1) is 16.8. The molecule has 2 aliphatic rings. The van der Waals surface area contributed by atoms with Crippen molar-refractivity contribution in [2.45, 2.75) is 31.0 Å². The summed E-state index contributed by atoms with van der Waals surface area (Å²) in [4.78, 5) is 9.59. The quantitative estimate of drug-likeness (QED) is 0.423. The van der Waals surface area contributed by atoms with Gasteiger partial charge in [0.15, 0.2) is 0 Å². The van der Waals surface area contributed by atoms with E-state index in [9.17, 15) is 0 Å². The highest BCUT2D eigenvalue weighted by Crippen LogP contribution is 2.31. The molecule has 2 bridgehead atoms. The van der Waals surface area contributed by atoms with Crippen molar-refractivity contribution in [2.24, 2.45) is 0 Å². The largest absolute Gasteiger partial charge is 0.491 e. The van der Waals surface area contributed by atoms with E-state index in [1.54, 1.807) is 7.11 Å². The van der Waals surface area contributed by atoms with Crippen LogP contribution in [0.25, 0.3) is 27.9 Å². The van der Waals surface area contributed by atoms with Gasteiger partial charge in [-0.1, -0.05) is 18.2 Å². The molecule has 2 unspecified atom stereocenters. The summed E-state index contributed by atoms with van der Waals surface area (Å²) in [5, 5.41) is 4.68. The highest BCUT2D eigenvalue weighted by Gasteiger charge is 2.33. The van der Waals surface area contributed by atoms with Crippen LogP contribution in [0, 0.1) is 0 Å². The highest BCUT2D eigenvalue weighted by molar-refractivity contribution is 5.86. The Balaban J connectivity index is 1.29. The van der Waals surface area contributed by atoms with E-state index in [0.29, 0.717) is 25.3 Å². The van der Waals surface area contributed by atoms with E-state index in [1.165, 1.54) is 0 Å². The average Bonchev–Trinajstić information content (AvgIpc) is 3.27. The maximum Gasteiger partial charge on any atom is 0.145 e. The van der Waals surface area contributed by atoms with E-state index in [-0.39, 0.29) is 6.10 Å². The summed E-state index contributed by atoms with van der Waals surface area (Å²) < 4.78 is 25.0. The Morgan fingerprint density at radius 3 is 2.82 bits per heavy atom. The molecule has 1 aromatic carbocycles. The van der Waals surface area contributed by atoms with Gasteiger partial charge < -0.3 is 24.3 Å². The molecule has 0 aliphatic carbocycles. The molecular formula is C26H28N4O4. The second-order valence-electron chi connectivity index (χ2n) is 8.91. The normalized spacial score (nSPS) is 22.2. The van der Waals surface area contributed by atoms with Crippen molar-refractivity contribution in [3.05, 3.63) is 54.9 Å². The number of benzene rings is 1. The number of ether oxygens (including phenoxy) is 4. The van der Waals surface area contributed by atoms with Gasteiger partial charge in [-0.05, 0) is 18.2 Å². The number of pyridine rings is 2. The number of piperidine rings is 1. The van der Waals surface area contributed by atoms with Gasteiger partial charge in [0.1, 0.15) is 35.4 Å². The SMILES string of the molecule is COCCOc1ccn2c(-c3ccc4cccc(OC5CC6COCC(C5)N6)c4n3)cnc2c1. The zero-order valence-corrected chi connectivity index (χ0v) is 19.1. The molecule has 3 aromatic heterocycles. The molecule has 5 heterocycles. The Kier molecular flexibility index (Phi) is 5.78. The third-order valence-electron chi connectivity index (χ3n) is 6.48. The van der Waals surface area contributed by atoms with Gasteiger partial charge in [-0.15, -0.1) is 0 Å². The van der Waals surface area contributed by atoms with Crippen LogP contribution in [0.3, 0.4) is 0 Å². The van der Waals surface area contributed by atoms with Crippen molar-refractivity contribution in [3.8, 4) is 22.9 Å². The van der Waals surface area contributed by atoms with E-state index >= 15 is 0 Å². The topological polar surface area (TPSA) is 79.1 Å². The van der Waals surface area contributed by atoms with Crippen LogP contribution in [0.15, 0.2) is 54.9 Å². The third kappa shape index (κ3) is 4.20. The lowest BCUT2D eigenvalue weighted by Crippen LogP contribution is -2.56. The minimum atomic E-state index is 0.156. The number of methoxy groups -OCH3 is 1. The molecule has 6 rings (SSSR count). The molecule has 0 amide bonds. The lowest BCUT2D eigenvalue weighted by molar-refractivity contribution is -0.0119. The number of fused-ring (bicyclic) bond motifs is 4. The van der Waals surface area contributed by atoms with Gasteiger partial charge in [0.2, 0.25) is 0 Å². The number of nitrogens with one attached hydrogen (secondary N) is 1. The first-order valence-corrected chi connectivity index (χ1v) is 11.8. The maximum absolute atomic E-state index is 6.52. The number of nitrogens with zero attached hydrogens (tertiary/aromatic N) is 3. The van der Waals surface area contributed by atoms with Gasteiger partial charge in [-0.3, -0.25) is 4.40 Å². The van der Waals surface area contributed by atoms with Crippen molar-refractivity contribution in [3.63, 3.8) is 0 Å². The second-order valence-corrected chi connectivity index (χ2v) is 8.91. The fourth-order valence-electron chi connectivity index (χ4n) is 4.90. The molecule has 0 radical (unpaired) electrons. The van der Waals surface area contributed by atoms with Crippen LogP contribution >= 0.6 is 0 Å². The van der Waals surface area contributed by atoms with Gasteiger partial charge in [0.05, 0.1) is 37.4 Å². The molecule has 2 fully saturated rings. The Hall–Kier alpha value is -3.20. The van der Waals surface area contributed by atoms with Crippen LogP contribution in [-0.2, 0) is 9.47 Å². The molecular weight excluding hydrogens is 432 g/mol. The molecule has 8 heteroatoms. The molecule has 34 heavy (non-hydrogen) atoms. The zero-order chi connectivity index (χ0) is 22.9. The molecule has 2 atom stereocenters. The Labute approximate surface area is 197 Å². The number of para-hydroxylation sites is 1. The van der Waals surface area contributed by atoms with Crippen LogP contribution in [0.5, 0.6) is 11.5 Å². The Morgan fingerprint density at radius 2 is 1.97 bits per heavy atom. The lowest BCUT2D eigenvalue weighted by Gasteiger charge is -2.40. The first-order valence-electron chi connectivity index (χ1n) is 11.8. The van der Waals surface area contributed by atoms with E-state index < -0.39 is 0 Å². The van der Waals surface area contributed by atoms with Crippen molar-refractivity contribution >= 4 is 16.6 Å². The number of morpholine rings is 1. The van der Waals surface area contributed by atoms with E-state index in [2.05, 4.69) is 22.4 Å². The number of rotatable bonds is 7. The molecule has 4 aromatic rings. The fourth-order valence-corrected chi connectivity index (χ4v) is 4.90. The van der Waals surface area contributed by atoms with Crippen LogP contribution in [0.1, 0.15) is 12.8 Å². The summed E-state index contributed by atoms with van der Waals surface area (Å²) in [5.74, 6) is 1.59. The van der Waals surface area contributed by atoms with Crippen LogP contribution in [-0.4, -0.2) is 66.1 Å². The summed E-state index contributed by atoms with van der Waals surface area (Å²) in [6, 6.07) is 14.8. The average molecular weight is 461 g/mol. The van der Waals surface area contributed by atoms with Gasteiger partial charge >= 0.3 is 0 Å². The van der Waals surface area contributed by atoms with Crippen molar-refractivity contribution < 1.29 is 18.9 Å². The highest BCUT2D eigenvalue weighted by atomic mass is 16.5. The zero-order valence-electron chi connectivity index (χ0n) is 19.1. The lowest BCUT2D eigenvalue weighted by atomic mass is 9.94. The third-order valence-corrected chi connectivity index (χ3v) is 6.48. The molecule has 2 saturated heterocycles. The number of aromatic nitrogens is 3. The van der Waals surface area contributed by atoms with Crippen LogP contribution < -0.4 is 14.8 Å². The minimum Gasteiger partial charge on any atom is -0.491 e. The van der Waals surface area contributed by atoms with Crippen molar-refractivity contribution in [1.82, 2.24) is 19.7 Å². The summed E-state index contributed by atoms with van der Waals surface area (Å²) >= 11 is 0. The van der Waals surface area contributed by atoms with Gasteiger partial charge in [0.25, 0.3) is 0 Å². The molecule has 2 aliphatic heterocycles. The van der Waals surface area contributed by atoms with Gasteiger partial charge in [-0.2, -0.15) is 0 Å². The smallest absolute Gasteiger partial charge is 0.145 e. The van der Waals surface area contributed by atoms with Crippen LogP contribution in [0.2, 0.25) is 0 Å². The molecule has 0 spiro atoms. The number of hydrogen-bond donors (Lipinski definition) is 1. The number of imidazole rings is 1. The van der Waals surface area contributed by atoms with E-state index in [0.717, 1.165) is 65.5 Å². The maximum atomic E-state index is 6.52. The summed E-state index contributed by atoms with van der Waals surface area (Å²) in [6.07, 6.45) is 5.84. The predicted molar refractivity (Wildman–Crippen MR) is 128 cm³/mol. The number of hydrogen-bond acceptors (Lipinski definition) is 7. The minimum absolute atomic E-state index is 0.156. The van der Waals surface area contributed by atoms with Crippen LogP contribution in [0.4, 0.5) is 0 Å². The molecule has 8 nitrogen and oxygen atoms in total. The standard InChI is InChI=1S/C26H28N4O4/c1-31-9-10-33-20-7-8-30-23(14-27-25(30)13-20)22-6-5-17-3-2-4-24(26(17)29-22)34-21-11-18-15-32-16-19(12-21)28-18/h2-8,13-14,18-19,21,28H,9-12,15-16H2,1H3. The second kappa shape index (κ2) is 9.21. The predicted octanol–water partition coefficient (Wildman–Crippen LogP) is 3.47. The summed E-state index contributed by atoms with van der Waals surface area (Å²) in [5.41, 5.74) is 3.44. The monoisotopic (exact) mass is 460 g/mol. The summed E-state index contributed by atoms with van der Waals surface area (Å²) in [7, 11) is 1.66. The van der Waals surface area contributed by atoms with Gasteiger partial charge in [0, 0.05) is 49.7 Å². The van der Waals surface area contributed by atoms with E-state index in [4.69, 9.17) is 23.9 Å². The van der Waals surface area contributed by atoms with Gasteiger partial charge in [-0.25, -0.2) is 9.97 Å². The fraction of sp³-hybridized carbons (Fsp3) is 0.385. The van der Waals surface area contributed by atoms with Crippen molar-refractivity contribution in [1.29, 1.82) is 0 Å². The molecule has 176 valence electrons.